The summed E-state index contributed by atoms with van der Waals surface area (Å²) in [4.78, 5) is 0. The van der Waals surface area contributed by atoms with Gasteiger partial charge in [-0.1, -0.05) is 0 Å². The molecule has 29 heavy (non-hydrogen) atoms. The molecule has 0 spiro atoms. The second kappa shape index (κ2) is 9.64. The van der Waals surface area contributed by atoms with Crippen LogP contribution in [0.25, 0.3) is 0 Å². The molecule has 0 saturated heterocycles. The van der Waals surface area contributed by atoms with Crippen molar-refractivity contribution in [3.63, 3.8) is 0 Å². The Bertz CT molecular complexity index is 519. The van der Waals surface area contributed by atoms with Gasteiger partial charge in [0.25, 0.3) is 0 Å². The zero-order valence-corrected chi connectivity index (χ0v) is 28.9. The third kappa shape index (κ3) is 15.7. The lowest BCUT2D eigenvalue weighted by Gasteiger charge is -2.44. The van der Waals surface area contributed by atoms with Crippen LogP contribution in [0.15, 0.2) is 0 Å². The molecule has 0 aromatic carbocycles. The highest BCUT2D eigenvalue weighted by Gasteiger charge is 2.50. The molecule has 6 nitrogen and oxygen atoms in total. The first kappa shape index (κ1) is 30.3. The van der Waals surface area contributed by atoms with Crippen molar-refractivity contribution in [3.8, 4) is 0 Å². The van der Waals surface area contributed by atoms with Crippen LogP contribution in [0.1, 0.15) is 0 Å². The Hall–Kier alpha value is 1.28. The first-order chi connectivity index (χ1) is 12.2. The van der Waals surface area contributed by atoms with Crippen molar-refractivity contribution in [2.24, 2.45) is 0 Å². The lowest BCUT2D eigenvalue weighted by atomic mass is 11.8. The maximum Gasteiger partial charge on any atom is 0.467 e. The van der Waals surface area contributed by atoms with Gasteiger partial charge >= 0.3 is 34.5 Å². The summed E-state index contributed by atoms with van der Waals surface area (Å²) in [7, 11) is -15.5. The van der Waals surface area contributed by atoms with Crippen molar-refractivity contribution in [1.29, 1.82) is 0 Å². The number of hydrogen-bond donors (Lipinski definition) is 0. The van der Waals surface area contributed by atoms with Crippen molar-refractivity contribution in [2.75, 3.05) is 0 Å². The van der Waals surface area contributed by atoms with Crippen molar-refractivity contribution in [3.05, 3.63) is 0 Å². The van der Waals surface area contributed by atoms with Crippen molar-refractivity contribution in [2.45, 2.75) is 105 Å². The number of hydrogen-bond acceptors (Lipinski definition) is 6. The topological polar surface area (TPSA) is 55.4 Å². The highest BCUT2D eigenvalue weighted by Crippen LogP contribution is 2.29. The Morgan fingerprint density at radius 3 is 0.793 bits per heavy atom. The predicted octanol–water partition coefficient (Wildman–Crippen LogP) is 6.26. The van der Waals surface area contributed by atoms with Crippen LogP contribution in [-0.4, -0.2) is 59.4 Å². The van der Waals surface area contributed by atoms with E-state index in [2.05, 4.69) is 98.2 Å². The van der Waals surface area contributed by atoms with Crippen LogP contribution in [0.2, 0.25) is 105 Å². The van der Waals surface area contributed by atoms with E-state index in [9.17, 15) is 0 Å². The van der Waals surface area contributed by atoms with E-state index in [1.807, 2.05) is 6.55 Å². The van der Waals surface area contributed by atoms with E-state index in [1.165, 1.54) is 0 Å². The van der Waals surface area contributed by atoms with Gasteiger partial charge in [-0.2, -0.15) is 0 Å². The summed E-state index contributed by atoms with van der Waals surface area (Å²) in [5, 5.41) is 0. The van der Waals surface area contributed by atoms with Gasteiger partial charge in [0.1, 0.15) is 0 Å². The second-order valence-corrected chi connectivity index (χ2v) is 39.7. The molecule has 0 aliphatic rings. The molecule has 0 radical (unpaired) electrons. The minimum absolute atomic E-state index is 1.68. The average molecular weight is 533 g/mol. The van der Waals surface area contributed by atoms with Crippen LogP contribution in [0.3, 0.4) is 0 Å². The number of rotatable bonds is 12. The fraction of sp³-hybridized carbons (Fsp3) is 1.00. The fourth-order valence-electron chi connectivity index (χ4n) is 3.61. The Morgan fingerprint density at radius 2 is 0.517 bits per heavy atom. The molecule has 13 heteroatoms. The molecule has 0 amide bonds. The summed E-state index contributed by atoms with van der Waals surface area (Å²) < 4.78 is 39.2. The first-order valence-electron chi connectivity index (χ1n) is 10.4. The van der Waals surface area contributed by atoms with E-state index in [1.54, 1.807) is 0 Å². The van der Waals surface area contributed by atoms with Gasteiger partial charge in [-0.25, -0.2) is 0 Å². The lowest BCUT2D eigenvalue weighted by molar-refractivity contribution is 0.224. The summed E-state index contributed by atoms with van der Waals surface area (Å²) in [5.41, 5.74) is 0. The minimum Gasteiger partial charge on any atom is -0.437 e. The molecule has 0 saturated carbocycles. The van der Waals surface area contributed by atoms with Crippen molar-refractivity contribution >= 4 is 59.4 Å². The Morgan fingerprint density at radius 1 is 0.276 bits per heavy atom. The van der Waals surface area contributed by atoms with Gasteiger partial charge in [-0.05, 0) is 98.2 Å². The maximum atomic E-state index is 6.65. The van der Waals surface area contributed by atoms with E-state index in [0.717, 1.165) is 0 Å². The van der Waals surface area contributed by atoms with Crippen LogP contribution >= 0.6 is 0 Å². The van der Waals surface area contributed by atoms with Gasteiger partial charge in [-0.3, -0.25) is 0 Å². The molecule has 0 bridgehead atoms. The molecule has 0 aliphatic heterocycles. The monoisotopic (exact) mass is 532 g/mol. The fourth-order valence-corrected chi connectivity index (χ4v) is 34.7. The van der Waals surface area contributed by atoms with Gasteiger partial charge in [0.2, 0.25) is 0 Å². The highest BCUT2D eigenvalue weighted by atomic mass is 28.5. The first-order valence-corrected chi connectivity index (χ1v) is 31.3. The third-order valence-electron chi connectivity index (χ3n) is 2.95. The molecule has 0 aromatic heterocycles. The Kier molecular flexibility index (Phi) is 10.1. The molecule has 0 fully saturated rings. The predicted molar refractivity (Wildman–Crippen MR) is 141 cm³/mol. The van der Waals surface area contributed by atoms with E-state index in [0.29, 0.717) is 0 Å². The van der Waals surface area contributed by atoms with Crippen LogP contribution in [0.4, 0.5) is 0 Å². The summed E-state index contributed by atoms with van der Waals surface area (Å²) >= 11 is 0. The van der Waals surface area contributed by atoms with Crippen LogP contribution < -0.4 is 0 Å². The summed E-state index contributed by atoms with van der Waals surface area (Å²) in [6.07, 6.45) is 0. The normalized spacial score (nSPS) is 15.7. The Balaban J connectivity index is 5.46. The van der Waals surface area contributed by atoms with Gasteiger partial charge in [0.05, 0.1) is 0 Å². The largest absolute Gasteiger partial charge is 0.467 e. The highest BCUT2D eigenvalue weighted by molar-refractivity contribution is 6.92. The van der Waals surface area contributed by atoms with Gasteiger partial charge in [0, 0.05) is 6.55 Å². The zero-order valence-electron chi connectivity index (χ0n) is 21.9. The molecule has 0 aromatic rings. The molecule has 0 atom stereocenters. The summed E-state index contributed by atoms with van der Waals surface area (Å²) in [6.45, 7) is 34.2. The Labute approximate surface area is 188 Å². The quantitative estimate of drug-likeness (QED) is 0.276. The molecule has 0 rings (SSSR count). The molecule has 0 N–H and O–H groups in total. The maximum absolute atomic E-state index is 6.65. The van der Waals surface area contributed by atoms with Crippen LogP contribution in [0, 0.1) is 0 Å². The second-order valence-electron chi connectivity index (χ2n) is 12.0. The molecule has 176 valence electrons. The molecule has 0 heterocycles. The average Bonchev–Trinajstić information content (AvgIpc) is 2.10. The zero-order chi connectivity index (χ0) is 23.7. The van der Waals surface area contributed by atoms with E-state index in [-0.39, 0.29) is 0 Å². The van der Waals surface area contributed by atoms with E-state index in [4.69, 9.17) is 24.7 Å². The van der Waals surface area contributed by atoms with Gasteiger partial charge in [-0.15, -0.1) is 0 Å². The summed E-state index contributed by atoms with van der Waals surface area (Å²) in [6, 6.07) is 0. The third-order valence-corrected chi connectivity index (χ3v) is 26.5. The van der Waals surface area contributed by atoms with Crippen molar-refractivity contribution < 1.29 is 24.7 Å². The molecular weight excluding hydrogens is 485 g/mol. The van der Waals surface area contributed by atoms with Crippen LogP contribution in [0.5, 0.6) is 0 Å². The molecule has 0 unspecified atom stereocenters. The van der Waals surface area contributed by atoms with Crippen LogP contribution in [-0.2, 0) is 24.7 Å². The van der Waals surface area contributed by atoms with E-state index < -0.39 is 59.4 Å². The molecular formula is C16H48O6Si7. The van der Waals surface area contributed by atoms with Crippen molar-refractivity contribution in [1.82, 2.24) is 0 Å². The summed E-state index contributed by atoms with van der Waals surface area (Å²) in [5.74, 6) is 0. The lowest BCUT2D eigenvalue weighted by Crippen LogP contribution is -2.62. The smallest absolute Gasteiger partial charge is 0.437 e. The van der Waals surface area contributed by atoms with Gasteiger partial charge < -0.3 is 24.7 Å². The van der Waals surface area contributed by atoms with Gasteiger partial charge in [0.15, 0.2) is 25.0 Å². The SMILES string of the molecule is C[Si](C)(C)O[Si](C)(C)O[Si](C)(C)O[Si](C)(C)O[Si](C)(O[Si](C)(C)C)O[Si](C)(C)C. The van der Waals surface area contributed by atoms with E-state index >= 15 is 0 Å². The molecule has 0 aliphatic carbocycles. The minimum atomic E-state index is -2.84. The standard InChI is InChI=1S/C16H48O6Si7/c1-23(2,3)17-26(10,11)20-27(12,13)21-28(14,15)22-29(16,18-24(4,5)6)19-25(7,8)9/h1-16H3.